The van der Waals surface area contributed by atoms with Gasteiger partial charge in [0.05, 0.1) is 6.04 Å². The molecule has 0 aromatic carbocycles. The highest BCUT2D eigenvalue weighted by molar-refractivity contribution is 5.94. The third kappa shape index (κ3) is 13.5. The Bertz CT molecular complexity index is 797. The van der Waals surface area contributed by atoms with Gasteiger partial charge in [-0.25, -0.2) is 4.79 Å². The van der Waals surface area contributed by atoms with E-state index in [-0.39, 0.29) is 43.5 Å². The highest BCUT2D eigenvalue weighted by Gasteiger charge is 2.32. The van der Waals surface area contributed by atoms with Gasteiger partial charge < -0.3 is 44.0 Å². The number of aliphatic carboxylic acids is 1. The van der Waals surface area contributed by atoms with E-state index < -0.39 is 53.8 Å². The number of amides is 4. The van der Waals surface area contributed by atoms with Crippen LogP contribution in [0.15, 0.2) is 4.99 Å². The summed E-state index contributed by atoms with van der Waals surface area (Å²) in [4.78, 5) is 64.8. The number of hydrogen-bond acceptors (Lipinski definition) is 7. The molecule has 0 radical (unpaired) electrons. The molecule has 0 aliphatic carbocycles. The number of aliphatic imine (C=N–C) groups is 1. The standard InChI is InChI=1S/C22H42N8O6/c1-11(2)10-15(19(33)28-14(21(35)36)7-8-16(24)31)29-20(34)17(12(3)4)30-18(32)13(23)6-5-9-27-22(25)26/h11-15,17H,5-10,23H2,1-4H3,(H2,24,31)(H,28,33)(H,29,34)(H,30,32)(H,35,36)(H4,25,26,27). The molecule has 0 bridgehead atoms. The van der Waals surface area contributed by atoms with Gasteiger partial charge >= 0.3 is 5.97 Å². The van der Waals surface area contributed by atoms with Crippen LogP contribution in [0.5, 0.6) is 0 Å². The van der Waals surface area contributed by atoms with Crippen molar-refractivity contribution in [3.63, 3.8) is 0 Å². The Labute approximate surface area is 211 Å². The van der Waals surface area contributed by atoms with Crippen molar-refractivity contribution in [2.24, 2.45) is 39.8 Å². The number of carbonyl (C=O) groups excluding carboxylic acids is 4. The third-order valence-electron chi connectivity index (χ3n) is 5.19. The fraction of sp³-hybridized carbons (Fsp3) is 0.727. The number of primary amides is 1. The molecule has 0 rings (SSSR count). The second-order valence-corrected chi connectivity index (χ2v) is 9.38. The second-order valence-electron chi connectivity index (χ2n) is 9.38. The maximum atomic E-state index is 13.0. The van der Waals surface area contributed by atoms with Crippen LogP contribution in [0.25, 0.3) is 0 Å². The Morgan fingerprint density at radius 3 is 1.89 bits per heavy atom. The van der Waals surface area contributed by atoms with Crippen molar-refractivity contribution < 1.29 is 29.1 Å². The molecular formula is C22H42N8O6. The predicted octanol–water partition coefficient (Wildman–Crippen LogP) is -2.13. The molecule has 0 heterocycles. The van der Waals surface area contributed by atoms with Crippen molar-refractivity contribution in [1.82, 2.24) is 16.0 Å². The summed E-state index contributed by atoms with van der Waals surface area (Å²) >= 11 is 0. The van der Waals surface area contributed by atoms with Crippen molar-refractivity contribution in [2.75, 3.05) is 6.54 Å². The zero-order valence-corrected chi connectivity index (χ0v) is 21.5. The highest BCUT2D eigenvalue weighted by Crippen LogP contribution is 2.10. The van der Waals surface area contributed by atoms with Crippen molar-refractivity contribution in [3.8, 4) is 0 Å². The van der Waals surface area contributed by atoms with Gasteiger partial charge in [-0.15, -0.1) is 0 Å². The van der Waals surface area contributed by atoms with Crippen LogP contribution in [-0.4, -0.2) is 71.4 Å². The van der Waals surface area contributed by atoms with Crippen LogP contribution < -0.4 is 38.9 Å². The Hall–Kier alpha value is -3.42. The molecule has 206 valence electrons. The molecule has 0 saturated carbocycles. The summed E-state index contributed by atoms with van der Waals surface area (Å²) in [6.45, 7) is 7.40. The van der Waals surface area contributed by atoms with Gasteiger partial charge in [-0.3, -0.25) is 24.2 Å². The van der Waals surface area contributed by atoms with Crippen LogP contribution in [0.3, 0.4) is 0 Å². The summed E-state index contributed by atoms with van der Waals surface area (Å²) in [5.41, 5.74) is 21.5. The molecule has 0 aliphatic rings. The van der Waals surface area contributed by atoms with Crippen LogP contribution in [0.4, 0.5) is 0 Å². The first-order valence-corrected chi connectivity index (χ1v) is 11.9. The highest BCUT2D eigenvalue weighted by atomic mass is 16.4. The molecule has 0 aliphatic heterocycles. The molecule has 0 aromatic heterocycles. The first kappa shape index (κ1) is 32.6. The number of carboxylic acids is 1. The summed E-state index contributed by atoms with van der Waals surface area (Å²) in [5.74, 6) is -4.35. The maximum Gasteiger partial charge on any atom is 0.326 e. The van der Waals surface area contributed by atoms with E-state index in [1.165, 1.54) is 0 Å². The number of carboxylic acid groups (broad SMARTS) is 1. The van der Waals surface area contributed by atoms with Gasteiger partial charge in [-0.1, -0.05) is 27.7 Å². The molecule has 4 unspecified atom stereocenters. The monoisotopic (exact) mass is 514 g/mol. The van der Waals surface area contributed by atoms with Crippen LogP contribution in [-0.2, 0) is 24.0 Å². The van der Waals surface area contributed by atoms with Crippen molar-refractivity contribution >= 4 is 35.6 Å². The largest absolute Gasteiger partial charge is 0.480 e. The minimum Gasteiger partial charge on any atom is -0.480 e. The predicted molar refractivity (Wildman–Crippen MR) is 134 cm³/mol. The van der Waals surface area contributed by atoms with E-state index in [1.807, 2.05) is 13.8 Å². The van der Waals surface area contributed by atoms with Crippen molar-refractivity contribution in [3.05, 3.63) is 0 Å². The fourth-order valence-corrected chi connectivity index (χ4v) is 3.23. The van der Waals surface area contributed by atoms with Gasteiger partial charge in [0.1, 0.15) is 18.1 Å². The van der Waals surface area contributed by atoms with Gasteiger partial charge in [-0.2, -0.15) is 0 Å². The smallest absolute Gasteiger partial charge is 0.326 e. The van der Waals surface area contributed by atoms with Crippen molar-refractivity contribution in [1.29, 1.82) is 0 Å². The summed E-state index contributed by atoms with van der Waals surface area (Å²) < 4.78 is 0. The molecule has 0 saturated heterocycles. The molecule has 0 spiro atoms. The Balaban J connectivity index is 5.33. The minimum absolute atomic E-state index is 0.0272. The van der Waals surface area contributed by atoms with Crippen molar-refractivity contribution in [2.45, 2.75) is 84.0 Å². The number of carbonyl (C=O) groups is 5. The van der Waals surface area contributed by atoms with Gasteiger partial charge in [0.2, 0.25) is 23.6 Å². The first-order chi connectivity index (χ1) is 16.6. The van der Waals surface area contributed by atoms with E-state index in [0.29, 0.717) is 13.0 Å². The normalized spacial score (nSPS) is 14.3. The summed E-state index contributed by atoms with van der Waals surface area (Å²) in [6.07, 6.45) is 0.539. The van der Waals surface area contributed by atoms with Gasteiger partial charge in [0, 0.05) is 13.0 Å². The van der Waals surface area contributed by atoms with E-state index in [0.717, 1.165) is 0 Å². The molecule has 14 nitrogen and oxygen atoms in total. The number of nitrogens with zero attached hydrogens (tertiary/aromatic N) is 1. The Morgan fingerprint density at radius 1 is 0.833 bits per heavy atom. The second kappa shape index (κ2) is 16.3. The average Bonchev–Trinajstić information content (AvgIpc) is 2.75. The topological polar surface area (TPSA) is 258 Å². The number of nitrogens with two attached hydrogens (primary N) is 4. The third-order valence-corrected chi connectivity index (χ3v) is 5.19. The first-order valence-electron chi connectivity index (χ1n) is 11.9. The molecule has 0 fully saturated rings. The molecule has 4 atom stereocenters. The molecule has 14 heteroatoms. The summed E-state index contributed by atoms with van der Waals surface area (Å²) in [6, 6.07) is -4.31. The van der Waals surface area contributed by atoms with E-state index in [4.69, 9.17) is 22.9 Å². The fourth-order valence-electron chi connectivity index (χ4n) is 3.23. The molecule has 12 N–H and O–H groups in total. The number of nitrogens with one attached hydrogen (secondary N) is 3. The van der Waals surface area contributed by atoms with Crippen LogP contribution in [0, 0.1) is 11.8 Å². The van der Waals surface area contributed by atoms with E-state index in [2.05, 4.69) is 20.9 Å². The number of guanidine groups is 1. The Morgan fingerprint density at radius 2 is 1.42 bits per heavy atom. The zero-order chi connectivity index (χ0) is 28.0. The summed E-state index contributed by atoms with van der Waals surface area (Å²) in [5, 5.41) is 16.9. The zero-order valence-electron chi connectivity index (χ0n) is 21.5. The lowest BCUT2D eigenvalue weighted by molar-refractivity contribution is -0.142. The van der Waals surface area contributed by atoms with Crippen LogP contribution in [0.1, 0.15) is 59.8 Å². The Kier molecular flexibility index (Phi) is 14.7. The minimum atomic E-state index is -1.35. The molecular weight excluding hydrogens is 472 g/mol. The van der Waals surface area contributed by atoms with Gasteiger partial charge in [-0.05, 0) is 37.5 Å². The van der Waals surface area contributed by atoms with E-state index in [9.17, 15) is 29.1 Å². The lowest BCUT2D eigenvalue weighted by Crippen LogP contribution is -2.58. The SMILES string of the molecule is CC(C)CC(NC(=O)C(NC(=O)C(N)CCCN=C(N)N)C(C)C)C(=O)NC(CCC(N)=O)C(=O)O. The van der Waals surface area contributed by atoms with E-state index in [1.54, 1.807) is 13.8 Å². The lowest BCUT2D eigenvalue weighted by atomic mass is 9.99. The quantitative estimate of drug-likeness (QED) is 0.0598. The average molecular weight is 515 g/mol. The molecule has 0 aromatic rings. The number of hydrogen-bond donors (Lipinski definition) is 8. The van der Waals surface area contributed by atoms with Gasteiger partial charge in [0.25, 0.3) is 0 Å². The summed E-state index contributed by atoms with van der Waals surface area (Å²) in [7, 11) is 0. The number of rotatable bonds is 17. The van der Waals surface area contributed by atoms with Gasteiger partial charge in [0.15, 0.2) is 5.96 Å². The molecule has 4 amide bonds. The van der Waals surface area contributed by atoms with Crippen LogP contribution >= 0.6 is 0 Å². The van der Waals surface area contributed by atoms with E-state index >= 15 is 0 Å². The lowest BCUT2D eigenvalue weighted by Gasteiger charge is -2.27. The van der Waals surface area contributed by atoms with Crippen LogP contribution in [0.2, 0.25) is 0 Å². The maximum absolute atomic E-state index is 13.0. The molecule has 36 heavy (non-hydrogen) atoms.